The molecule has 0 spiro atoms. The molecular weight excluding hydrogens is 344 g/mol. The van der Waals surface area contributed by atoms with Gasteiger partial charge in [-0.2, -0.15) is 0 Å². The number of benzene rings is 2. The van der Waals surface area contributed by atoms with E-state index >= 15 is 0 Å². The first-order valence-corrected chi connectivity index (χ1v) is 6.81. The summed E-state index contributed by atoms with van der Waals surface area (Å²) < 4.78 is 0.637. The van der Waals surface area contributed by atoms with Crippen molar-refractivity contribution in [3.8, 4) is 0 Å². The molecule has 4 nitrogen and oxygen atoms in total. The molecule has 0 saturated heterocycles. The second-order valence-electron chi connectivity index (χ2n) is 4.03. The van der Waals surface area contributed by atoms with Crippen LogP contribution >= 0.6 is 27.5 Å². The fourth-order valence-corrected chi connectivity index (χ4v) is 2.09. The first-order valence-electron chi connectivity index (χ1n) is 5.63. The van der Waals surface area contributed by atoms with E-state index in [9.17, 15) is 9.59 Å². The number of halogens is 2. The van der Waals surface area contributed by atoms with Crippen molar-refractivity contribution in [2.45, 2.75) is 0 Å². The summed E-state index contributed by atoms with van der Waals surface area (Å²) in [5, 5.41) is 3.21. The average molecular weight is 354 g/mol. The normalized spacial score (nSPS) is 10.1. The van der Waals surface area contributed by atoms with E-state index in [0.717, 1.165) is 0 Å². The summed E-state index contributed by atoms with van der Waals surface area (Å²) in [4.78, 5) is 23.1. The van der Waals surface area contributed by atoms with Crippen molar-refractivity contribution in [3.63, 3.8) is 0 Å². The van der Waals surface area contributed by atoms with Crippen LogP contribution in [-0.4, -0.2) is 11.8 Å². The number of amides is 2. The Kier molecular flexibility index (Phi) is 4.42. The van der Waals surface area contributed by atoms with Crippen LogP contribution in [0.4, 0.5) is 5.69 Å². The standard InChI is InChI=1S/C14H10BrClN2O2/c15-11-7-9(4-5-12(11)16)14(20)18-10-3-1-2-8(6-10)13(17)19/h1-7H,(H2,17,19)(H,18,20). The SMILES string of the molecule is NC(=O)c1cccc(NC(=O)c2ccc(Cl)c(Br)c2)c1. The molecule has 0 aliphatic carbocycles. The highest BCUT2D eigenvalue weighted by molar-refractivity contribution is 9.10. The van der Waals surface area contributed by atoms with E-state index in [2.05, 4.69) is 21.2 Å². The van der Waals surface area contributed by atoms with Crippen LogP contribution in [0, 0.1) is 0 Å². The highest BCUT2D eigenvalue weighted by Gasteiger charge is 2.09. The van der Waals surface area contributed by atoms with Crippen molar-refractivity contribution in [2.24, 2.45) is 5.73 Å². The number of nitrogens with two attached hydrogens (primary N) is 1. The van der Waals surface area contributed by atoms with E-state index < -0.39 is 5.91 Å². The van der Waals surface area contributed by atoms with Crippen molar-refractivity contribution in [2.75, 3.05) is 5.32 Å². The lowest BCUT2D eigenvalue weighted by atomic mass is 10.1. The molecule has 6 heteroatoms. The Labute approximate surface area is 129 Å². The van der Waals surface area contributed by atoms with Gasteiger partial charge in [0.1, 0.15) is 0 Å². The second kappa shape index (κ2) is 6.07. The number of carbonyl (C=O) groups excluding carboxylic acids is 2. The summed E-state index contributed by atoms with van der Waals surface area (Å²) in [6, 6.07) is 11.3. The summed E-state index contributed by atoms with van der Waals surface area (Å²) in [7, 11) is 0. The zero-order chi connectivity index (χ0) is 14.7. The minimum Gasteiger partial charge on any atom is -0.366 e. The number of hydrogen-bond acceptors (Lipinski definition) is 2. The largest absolute Gasteiger partial charge is 0.366 e. The van der Waals surface area contributed by atoms with E-state index in [4.69, 9.17) is 17.3 Å². The van der Waals surface area contributed by atoms with Gasteiger partial charge in [-0.25, -0.2) is 0 Å². The molecule has 2 aromatic carbocycles. The number of primary amides is 1. The fraction of sp³-hybridized carbons (Fsp3) is 0. The lowest BCUT2D eigenvalue weighted by molar-refractivity contribution is 0.0996. The first-order chi connectivity index (χ1) is 9.47. The predicted molar refractivity (Wildman–Crippen MR) is 82.1 cm³/mol. The Morgan fingerprint density at radius 1 is 1.10 bits per heavy atom. The van der Waals surface area contributed by atoms with Crippen LogP contribution in [0.2, 0.25) is 5.02 Å². The number of anilines is 1. The Balaban J connectivity index is 2.21. The molecule has 3 N–H and O–H groups in total. The van der Waals surface area contributed by atoms with E-state index in [1.807, 2.05) is 0 Å². The number of rotatable bonds is 3. The fourth-order valence-electron chi connectivity index (χ4n) is 1.59. The topological polar surface area (TPSA) is 72.2 Å². The summed E-state index contributed by atoms with van der Waals surface area (Å²) >= 11 is 9.13. The summed E-state index contributed by atoms with van der Waals surface area (Å²) in [6.07, 6.45) is 0. The van der Waals surface area contributed by atoms with Gasteiger partial charge in [0.15, 0.2) is 0 Å². The smallest absolute Gasteiger partial charge is 0.255 e. The molecule has 0 fully saturated rings. The maximum atomic E-state index is 12.1. The van der Waals surface area contributed by atoms with E-state index in [-0.39, 0.29) is 5.91 Å². The molecule has 0 heterocycles. The van der Waals surface area contributed by atoms with Crippen molar-refractivity contribution in [1.82, 2.24) is 0 Å². The van der Waals surface area contributed by atoms with Crippen molar-refractivity contribution < 1.29 is 9.59 Å². The lowest BCUT2D eigenvalue weighted by Crippen LogP contribution is -2.14. The third-order valence-electron chi connectivity index (χ3n) is 2.59. The Morgan fingerprint density at radius 3 is 2.50 bits per heavy atom. The van der Waals surface area contributed by atoms with Gasteiger partial charge in [0.2, 0.25) is 5.91 Å². The molecule has 102 valence electrons. The Hall–Kier alpha value is -1.85. The lowest BCUT2D eigenvalue weighted by Gasteiger charge is -2.07. The minimum absolute atomic E-state index is 0.302. The molecule has 0 atom stereocenters. The molecule has 0 aliphatic heterocycles. The van der Waals surface area contributed by atoms with Gasteiger partial charge in [-0.15, -0.1) is 0 Å². The van der Waals surface area contributed by atoms with Crippen LogP contribution in [0.5, 0.6) is 0 Å². The molecule has 2 aromatic rings. The van der Waals surface area contributed by atoms with Crippen LogP contribution in [0.15, 0.2) is 46.9 Å². The molecule has 2 rings (SSSR count). The number of nitrogens with one attached hydrogen (secondary N) is 1. The van der Waals surface area contributed by atoms with Gasteiger partial charge in [-0.1, -0.05) is 17.7 Å². The van der Waals surface area contributed by atoms with Gasteiger partial charge >= 0.3 is 0 Å². The highest BCUT2D eigenvalue weighted by Crippen LogP contribution is 2.23. The first kappa shape index (κ1) is 14.6. The van der Waals surface area contributed by atoms with Crippen LogP contribution in [0.3, 0.4) is 0 Å². The molecule has 2 amide bonds. The molecule has 0 bridgehead atoms. The average Bonchev–Trinajstić information content (AvgIpc) is 2.42. The maximum Gasteiger partial charge on any atom is 0.255 e. The second-order valence-corrected chi connectivity index (χ2v) is 5.29. The highest BCUT2D eigenvalue weighted by atomic mass is 79.9. The van der Waals surface area contributed by atoms with E-state index in [1.54, 1.807) is 36.4 Å². The monoisotopic (exact) mass is 352 g/mol. The van der Waals surface area contributed by atoms with Crippen LogP contribution < -0.4 is 11.1 Å². The molecule has 20 heavy (non-hydrogen) atoms. The van der Waals surface area contributed by atoms with Crippen molar-refractivity contribution in [3.05, 3.63) is 63.1 Å². The molecule has 0 aromatic heterocycles. The van der Waals surface area contributed by atoms with Crippen LogP contribution in [-0.2, 0) is 0 Å². The molecule has 0 aliphatic rings. The summed E-state index contributed by atoms with van der Waals surface area (Å²) in [6.45, 7) is 0. The van der Waals surface area contributed by atoms with Gasteiger partial charge in [0.05, 0.1) is 5.02 Å². The molecule has 0 unspecified atom stereocenters. The molecule has 0 saturated carbocycles. The van der Waals surface area contributed by atoms with Crippen molar-refractivity contribution >= 4 is 45.0 Å². The van der Waals surface area contributed by atoms with Gasteiger partial charge in [-0.05, 0) is 52.3 Å². The minimum atomic E-state index is -0.546. The third kappa shape index (κ3) is 3.37. The van der Waals surface area contributed by atoms with Gasteiger partial charge in [0, 0.05) is 21.3 Å². The summed E-state index contributed by atoms with van der Waals surface area (Å²) in [5.41, 5.74) is 6.47. The Morgan fingerprint density at radius 2 is 1.85 bits per heavy atom. The Bertz CT molecular complexity index is 689. The van der Waals surface area contributed by atoms with Crippen LogP contribution in [0.25, 0.3) is 0 Å². The van der Waals surface area contributed by atoms with Gasteiger partial charge in [0.25, 0.3) is 5.91 Å². The van der Waals surface area contributed by atoms with E-state index in [0.29, 0.717) is 26.3 Å². The molecular formula is C14H10BrClN2O2. The van der Waals surface area contributed by atoms with Crippen molar-refractivity contribution in [1.29, 1.82) is 0 Å². The zero-order valence-corrected chi connectivity index (χ0v) is 12.5. The summed E-state index contributed by atoms with van der Waals surface area (Å²) in [5.74, 6) is -0.848. The van der Waals surface area contributed by atoms with Gasteiger partial charge in [-0.3, -0.25) is 9.59 Å². The molecule has 0 radical (unpaired) electrons. The number of carbonyl (C=O) groups is 2. The van der Waals surface area contributed by atoms with Gasteiger partial charge < -0.3 is 11.1 Å². The maximum absolute atomic E-state index is 12.1. The number of hydrogen-bond donors (Lipinski definition) is 2. The quantitative estimate of drug-likeness (QED) is 0.887. The van der Waals surface area contributed by atoms with Crippen LogP contribution in [0.1, 0.15) is 20.7 Å². The predicted octanol–water partition coefficient (Wildman–Crippen LogP) is 3.45. The van der Waals surface area contributed by atoms with E-state index in [1.165, 1.54) is 6.07 Å². The third-order valence-corrected chi connectivity index (χ3v) is 3.80. The zero-order valence-electron chi connectivity index (χ0n) is 10.2.